The number of urea groups is 1. The van der Waals surface area contributed by atoms with Crippen LogP contribution in [0.2, 0.25) is 10.0 Å². The summed E-state index contributed by atoms with van der Waals surface area (Å²) in [5.41, 5.74) is 0.286. The fraction of sp³-hybridized carbons (Fsp3) is 0. The molecular formula is C20H10Cl2N2O5S. The van der Waals surface area contributed by atoms with Gasteiger partial charge in [0.1, 0.15) is 16.2 Å². The van der Waals surface area contributed by atoms with Gasteiger partial charge in [-0.1, -0.05) is 41.4 Å². The summed E-state index contributed by atoms with van der Waals surface area (Å²) in [5, 5.41) is 5.52. The SMILES string of the molecule is O=C1NC(=O)C(=Cc2ccc(OC(=O)c3sc4cc(Cl)ccc4c3Cl)cc2)C(=O)N1. The molecule has 10 heteroatoms. The monoisotopic (exact) mass is 460 g/mol. The second-order valence-corrected chi connectivity index (χ2v) is 8.01. The van der Waals surface area contributed by atoms with E-state index in [1.807, 2.05) is 10.6 Å². The summed E-state index contributed by atoms with van der Waals surface area (Å²) in [7, 11) is 0. The lowest BCUT2D eigenvalue weighted by Crippen LogP contribution is -2.51. The van der Waals surface area contributed by atoms with Crippen molar-refractivity contribution in [3.63, 3.8) is 0 Å². The van der Waals surface area contributed by atoms with Gasteiger partial charge in [-0.2, -0.15) is 0 Å². The molecule has 2 heterocycles. The Morgan fingerprint density at radius 2 is 1.63 bits per heavy atom. The fourth-order valence-corrected chi connectivity index (χ4v) is 4.39. The number of ether oxygens (including phenoxy) is 1. The van der Waals surface area contributed by atoms with E-state index in [0.29, 0.717) is 21.0 Å². The highest BCUT2D eigenvalue weighted by Gasteiger charge is 2.27. The molecule has 4 amide bonds. The Balaban J connectivity index is 1.53. The normalized spacial score (nSPS) is 13.8. The molecule has 3 aromatic rings. The number of imide groups is 2. The van der Waals surface area contributed by atoms with Crippen molar-refractivity contribution in [2.45, 2.75) is 0 Å². The number of hydrogen-bond acceptors (Lipinski definition) is 6. The van der Waals surface area contributed by atoms with Crippen LogP contribution in [0.3, 0.4) is 0 Å². The third-order valence-corrected chi connectivity index (χ3v) is 5.99. The molecule has 0 bridgehead atoms. The van der Waals surface area contributed by atoms with E-state index < -0.39 is 23.8 Å². The van der Waals surface area contributed by atoms with Crippen molar-refractivity contribution in [3.8, 4) is 5.75 Å². The van der Waals surface area contributed by atoms with Gasteiger partial charge in [-0.05, 0) is 35.9 Å². The molecule has 1 saturated heterocycles. The molecule has 0 saturated carbocycles. The van der Waals surface area contributed by atoms with Crippen LogP contribution in [-0.4, -0.2) is 23.8 Å². The Bertz CT molecular complexity index is 1240. The third-order valence-electron chi connectivity index (χ3n) is 4.12. The molecule has 2 aromatic carbocycles. The van der Waals surface area contributed by atoms with Gasteiger partial charge in [0.25, 0.3) is 11.8 Å². The number of benzene rings is 2. The lowest BCUT2D eigenvalue weighted by molar-refractivity contribution is -0.123. The zero-order chi connectivity index (χ0) is 21.4. The molecule has 0 atom stereocenters. The van der Waals surface area contributed by atoms with Crippen LogP contribution in [0.4, 0.5) is 4.79 Å². The molecule has 0 aliphatic carbocycles. The standard InChI is InChI=1S/C20H10Cl2N2O5S/c21-10-3-6-12-14(8-10)30-16(15(12)22)19(27)29-11-4-1-9(2-5-11)7-13-17(25)23-20(28)24-18(13)26/h1-8H,(H2,23,24,25,26,28). The largest absolute Gasteiger partial charge is 0.422 e. The molecule has 150 valence electrons. The van der Waals surface area contributed by atoms with E-state index in [-0.39, 0.29) is 16.2 Å². The van der Waals surface area contributed by atoms with Crippen LogP contribution >= 0.6 is 34.5 Å². The van der Waals surface area contributed by atoms with Crippen molar-refractivity contribution >= 4 is 74.5 Å². The number of carbonyl (C=O) groups is 4. The number of hydrogen-bond donors (Lipinski definition) is 2. The van der Waals surface area contributed by atoms with Crippen molar-refractivity contribution in [1.82, 2.24) is 10.6 Å². The van der Waals surface area contributed by atoms with E-state index in [1.54, 1.807) is 30.3 Å². The molecule has 1 aromatic heterocycles. The van der Waals surface area contributed by atoms with Crippen LogP contribution in [0.25, 0.3) is 16.2 Å². The number of barbiturate groups is 1. The summed E-state index contributed by atoms with van der Waals surface area (Å²) >= 11 is 13.5. The maximum Gasteiger partial charge on any atom is 0.355 e. The first kappa shape index (κ1) is 20.1. The number of carbonyl (C=O) groups excluding carboxylic acids is 4. The van der Waals surface area contributed by atoms with Gasteiger partial charge >= 0.3 is 12.0 Å². The zero-order valence-corrected chi connectivity index (χ0v) is 17.2. The Morgan fingerprint density at radius 3 is 2.30 bits per heavy atom. The Hall–Kier alpha value is -3.20. The van der Waals surface area contributed by atoms with E-state index in [0.717, 1.165) is 4.70 Å². The third kappa shape index (κ3) is 3.93. The summed E-state index contributed by atoms with van der Waals surface area (Å²) in [6.07, 6.45) is 1.31. The molecule has 30 heavy (non-hydrogen) atoms. The summed E-state index contributed by atoms with van der Waals surface area (Å²) in [5.74, 6) is -1.95. The minimum Gasteiger partial charge on any atom is -0.422 e. The maximum atomic E-state index is 12.5. The van der Waals surface area contributed by atoms with Gasteiger partial charge in [0.2, 0.25) is 0 Å². The first-order valence-corrected chi connectivity index (χ1v) is 9.97. The predicted octanol–water partition coefficient (Wildman–Crippen LogP) is 4.18. The van der Waals surface area contributed by atoms with Crippen LogP contribution < -0.4 is 15.4 Å². The first-order valence-electron chi connectivity index (χ1n) is 8.40. The summed E-state index contributed by atoms with van der Waals surface area (Å²) in [6, 6.07) is 10.4. The number of amides is 4. The van der Waals surface area contributed by atoms with Gasteiger partial charge in [-0.15, -0.1) is 11.3 Å². The average molecular weight is 461 g/mol. The molecular weight excluding hydrogens is 451 g/mol. The molecule has 0 radical (unpaired) electrons. The first-order chi connectivity index (χ1) is 14.3. The van der Waals surface area contributed by atoms with Gasteiger partial charge < -0.3 is 4.74 Å². The number of rotatable bonds is 3. The number of halogens is 2. The lowest BCUT2D eigenvalue weighted by Gasteiger charge is -2.13. The van der Waals surface area contributed by atoms with Crippen LogP contribution in [0.5, 0.6) is 5.75 Å². The highest BCUT2D eigenvalue weighted by atomic mass is 35.5. The van der Waals surface area contributed by atoms with Crippen LogP contribution in [0.15, 0.2) is 48.0 Å². The molecule has 1 aliphatic rings. The van der Waals surface area contributed by atoms with Crippen LogP contribution in [-0.2, 0) is 9.59 Å². The Kier molecular flexibility index (Phi) is 5.29. The summed E-state index contributed by atoms with van der Waals surface area (Å²) in [4.78, 5) is 47.4. The number of fused-ring (bicyclic) bond motifs is 1. The van der Waals surface area contributed by atoms with Crippen molar-refractivity contribution < 1.29 is 23.9 Å². The minimum absolute atomic E-state index is 0.213. The van der Waals surface area contributed by atoms with E-state index in [9.17, 15) is 19.2 Å². The zero-order valence-electron chi connectivity index (χ0n) is 14.8. The van der Waals surface area contributed by atoms with Crippen molar-refractivity contribution in [1.29, 1.82) is 0 Å². The molecule has 7 nitrogen and oxygen atoms in total. The second kappa shape index (κ2) is 7.91. The van der Waals surface area contributed by atoms with Gasteiger partial charge in [0.05, 0.1) is 5.02 Å². The van der Waals surface area contributed by atoms with Gasteiger partial charge in [0.15, 0.2) is 0 Å². The van der Waals surface area contributed by atoms with Gasteiger partial charge in [0, 0.05) is 15.1 Å². The molecule has 4 rings (SSSR count). The maximum absolute atomic E-state index is 12.5. The Labute approximate surface area is 183 Å². The van der Waals surface area contributed by atoms with Gasteiger partial charge in [-0.3, -0.25) is 20.2 Å². The minimum atomic E-state index is -0.869. The van der Waals surface area contributed by atoms with E-state index in [4.69, 9.17) is 27.9 Å². The fourth-order valence-electron chi connectivity index (χ4n) is 2.73. The topological polar surface area (TPSA) is 102 Å². The van der Waals surface area contributed by atoms with Crippen molar-refractivity contribution in [2.75, 3.05) is 0 Å². The van der Waals surface area contributed by atoms with Crippen molar-refractivity contribution in [2.24, 2.45) is 0 Å². The summed E-state index contributed by atoms with van der Waals surface area (Å²) in [6.45, 7) is 0. The number of nitrogens with one attached hydrogen (secondary N) is 2. The predicted molar refractivity (Wildman–Crippen MR) is 113 cm³/mol. The van der Waals surface area contributed by atoms with Crippen LogP contribution in [0, 0.1) is 0 Å². The molecule has 1 fully saturated rings. The second-order valence-electron chi connectivity index (χ2n) is 6.14. The highest BCUT2D eigenvalue weighted by molar-refractivity contribution is 7.21. The quantitative estimate of drug-likeness (QED) is 0.264. The molecule has 2 N–H and O–H groups in total. The number of thiophene rings is 1. The van der Waals surface area contributed by atoms with Gasteiger partial charge in [-0.25, -0.2) is 9.59 Å². The van der Waals surface area contributed by atoms with Crippen LogP contribution in [0.1, 0.15) is 15.2 Å². The molecule has 1 aliphatic heterocycles. The van der Waals surface area contributed by atoms with E-state index >= 15 is 0 Å². The average Bonchev–Trinajstić information content (AvgIpc) is 3.02. The summed E-state index contributed by atoms with van der Waals surface area (Å²) < 4.78 is 6.14. The van der Waals surface area contributed by atoms with E-state index in [1.165, 1.54) is 29.5 Å². The molecule has 0 spiro atoms. The number of esters is 1. The van der Waals surface area contributed by atoms with E-state index in [2.05, 4.69) is 0 Å². The smallest absolute Gasteiger partial charge is 0.355 e. The Morgan fingerprint density at radius 1 is 0.967 bits per heavy atom. The lowest BCUT2D eigenvalue weighted by atomic mass is 10.1. The van der Waals surface area contributed by atoms with Crippen molar-refractivity contribution in [3.05, 3.63) is 68.5 Å². The molecule has 0 unspecified atom stereocenters. The highest BCUT2D eigenvalue weighted by Crippen LogP contribution is 2.37.